The van der Waals surface area contributed by atoms with Crippen molar-refractivity contribution in [2.75, 3.05) is 24.1 Å². The minimum Gasteiger partial charge on any atom is -0.455 e. The van der Waals surface area contributed by atoms with Gasteiger partial charge < -0.3 is 21.2 Å². The smallest absolute Gasteiger partial charge is 0.320 e. The molecule has 4 N–H and O–H groups in total. The van der Waals surface area contributed by atoms with Crippen LogP contribution in [0.4, 0.5) is 11.6 Å². The SMILES string of the molecule is CCCC(Oc1nc(N)c(C=N)c(NCc2ccc(CN3CCCC3)cc2)n1)c1ccncc1. The second-order valence-corrected chi connectivity index (χ2v) is 8.63. The largest absolute Gasteiger partial charge is 0.455 e. The molecule has 0 saturated carbocycles. The van der Waals surface area contributed by atoms with Crippen LogP contribution < -0.4 is 15.8 Å². The second-order valence-electron chi connectivity index (χ2n) is 8.63. The summed E-state index contributed by atoms with van der Waals surface area (Å²) in [5.41, 5.74) is 10.1. The third-order valence-electron chi connectivity index (χ3n) is 6.06. The zero-order chi connectivity index (χ0) is 23.8. The summed E-state index contributed by atoms with van der Waals surface area (Å²) in [7, 11) is 0. The highest BCUT2D eigenvalue weighted by atomic mass is 16.5. The Morgan fingerprint density at radius 3 is 2.47 bits per heavy atom. The van der Waals surface area contributed by atoms with Gasteiger partial charge in [0.15, 0.2) is 0 Å². The van der Waals surface area contributed by atoms with Gasteiger partial charge in [-0.2, -0.15) is 9.97 Å². The molecule has 0 amide bonds. The Labute approximate surface area is 201 Å². The number of likely N-dealkylation sites (tertiary alicyclic amines) is 1. The van der Waals surface area contributed by atoms with Gasteiger partial charge in [-0.1, -0.05) is 37.6 Å². The van der Waals surface area contributed by atoms with Gasteiger partial charge in [0.05, 0.1) is 5.56 Å². The molecule has 2 aromatic heterocycles. The fourth-order valence-electron chi connectivity index (χ4n) is 4.20. The number of ether oxygens (including phenoxy) is 1. The molecule has 0 bridgehead atoms. The maximum absolute atomic E-state index is 7.78. The molecule has 8 nitrogen and oxygen atoms in total. The summed E-state index contributed by atoms with van der Waals surface area (Å²) in [6.45, 7) is 6.05. The zero-order valence-electron chi connectivity index (χ0n) is 19.7. The first-order valence-electron chi connectivity index (χ1n) is 11.9. The van der Waals surface area contributed by atoms with Crippen LogP contribution >= 0.6 is 0 Å². The van der Waals surface area contributed by atoms with Crippen LogP contribution in [0.15, 0.2) is 48.8 Å². The van der Waals surface area contributed by atoms with Gasteiger partial charge in [0.2, 0.25) is 0 Å². The van der Waals surface area contributed by atoms with Gasteiger partial charge in [-0.05, 0) is 61.2 Å². The molecule has 34 heavy (non-hydrogen) atoms. The van der Waals surface area contributed by atoms with E-state index in [-0.39, 0.29) is 17.9 Å². The number of aromatic nitrogens is 3. The number of hydrogen-bond donors (Lipinski definition) is 3. The molecule has 0 spiro atoms. The molecule has 0 radical (unpaired) electrons. The molecule has 4 rings (SSSR count). The van der Waals surface area contributed by atoms with E-state index in [1.165, 1.54) is 37.7 Å². The molecule has 1 aliphatic heterocycles. The maximum Gasteiger partial charge on any atom is 0.320 e. The molecule has 1 fully saturated rings. The number of benzene rings is 1. The van der Waals surface area contributed by atoms with Gasteiger partial charge in [0, 0.05) is 31.7 Å². The Bertz CT molecular complexity index is 1070. The Morgan fingerprint density at radius 2 is 1.79 bits per heavy atom. The van der Waals surface area contributed by atoms with Crippen molar-refractivity contribution in [1.82, 2.24) is 19.9 Å². The summed E-state index contributed by atoms with van der Waals surface area (Å²) >= 11 is 0. The summed E-state index contributed by atoms with van der Waals surface area (Å²) in [5, 5.41) is 11.1. The highest BCUT2D eigenvalue weighted by Gasteiger charge is 2.18. The molecular formula is C26H33N7O. The molecular weight excluding hydrogens is 426 g/mol. The van der Waals surface area contributed by atoms with Crippen molar-refractivity contribution in [3.05, 3.63) is 71.0 Å². The number of rotatable bonds is 11. The molecule has 1 saturated heterocycles. The van der Waals surface area contributed by atoms with Crippen molar-refractivity contribution in [2.45, 2.75) is 51.8 Å². The molecule has 3 aromatic rings. The number of anilines is 2. The first-order valence-corrected chi connectivity index (χ1v) is 11.9. The lowest BCUT2D eigenvalue weighted by Crippen LogP contribution is -2.18. The Balaban J connectivity index is 1.46. The normalized spacial score (nSPS) is 14.6. The lowest BCUT2D eigenvalue weighted by atomic mass is 10.1. The van der Waals surface area contributed by atoms with Gasteiger partial charge in [-0.25, -0.2) is 0 Å². The van der Waals surface area contributed by atoms with Crippen molar-refractivity contribution in [3.8, 4) is 6.01 Å². The minimum absolute atomic E-state index is 0.196. The minimum atomic E-state index is -0.200. The van der Waals surface area contributed by atoms with Crippen LogP contribution in [-0.4, -0.2) is 39.2 Å². The van der Waals surface area contributed by atoms with Gasteiger partial charge >= 0.3 is 6.01 Å². The topological polar surface area (TPSA) is 113 Å². The van der Waals surface area contributed by atoms with E-state index in [2.05, 4.69) is 56.4 Å². The van der Waals surface area contributed by atoms with Crippen LogP contribution in [0, 0.1) is 5.41 Å². The molecule has 3 heterocycles. The fourth-order valence-corrected chi connectivity index (χ4v) is 4.20. The van der Waals surface area contributed by atoms with Crippen molar-refractivity contribution in [1.29, 1.82) is 5.41 Å². The quantitative estimate of drug-likeness (QED) is 0.360. The van der Waals surface area contributed by atoms with Crippen molar-refractivity contribution >= 4 is 17.9 Å². The first kappa shape index (κ1) is 23.6. The van der Waals surface area contributed by atoms with E-state index in [1.54, 1.807) is 12.4 Å². The number of nitrogens with zero attached hydrogens (tertiary/aromatic N) is 4. The van der Waals surface area contributed by atoms with Crippen molar-refractivity contribution in [3.63, 3.8) is 0 Å². The Hall–Kier alpha value is -3.52. The molecule has 178 valence electrons. The standard InChI is InChI=1S/C26H33N7O/c1-2-5-23(21-10-12-29-13-11-21)34-26-31-24(28)22(16-27)25(32-26)30-17-19-6-8-20(9-7-19)18-33-14-3-4-15-33/h6-13,16,23,27H,2-5,14-15,17-18H2,1H3,(H3,28,30,31,32). The van der Waals surface area contributed by atoms with Gasteiger partial charge in [-0.15, -0.1) is 0 Å². The first-order chi connectivity index (χ1) is 16.7. The van der Waals surface area contributed by atoms with E-state index in [4.69, 9.17) is 15.9 Å². The van der Waals surface area contributed by atoms with E-state index in [1.807, 2.05) is 12.1 Å². The number of hydrogen-bond acceptors (Lipinski definition) is 8. The van der Waals surface area contributed by atoms with E-state index in [0.717, 1.165) is 30.5 Å². The highest BCUT2D eigenvalue weighted by molar-refractivity contribution is 5.90. The number of nitrogens with one attached hydrogen (secondary N) is 2. The molecule has 1 atom stereocenters. The summed E-state index contributed by atoms with van der Waals surface area (Å²) in [5.74, 6) is 0.706. The van der Waals surface area contributed by atoms with E-state index in [0.29, 0.717) is 17.9 Å². The summed E-state index contributed by atoms with van der Waals surface area (Å²) in [6, 6.07) is 12.7. The molecule has 0 aliphatic carbocycles. The van der Waals surface area contributed by atoms with Crippen LogP contribution in [0.5, 0.6) is 6.01 Å². The molecule has 1 aliphatic rings. The summed E-state index contributed by atoms with van der Waals surface area (Å²) in [6.07, 6.45) is 8.82. The molecule has 1 aromatic carbocycles. The monoisotopic (exact) mass is 459 g/mol. The number of pyridine rings is 1. The average Bonchev–Trinajstić information content (AvgIpc) is 3.37. The Morgan fingerprint density at radius 1 is 1.09 bits per heavy atom. The lowest BCUT2D eigenvalue weighted by Gasteiger charge is -2.19. The van der Waals surface area contributed by atoms with Crippen LogP contribution in [0.3, 0.4) is 0 Å². The molecule has 1 unspecified atom stereocenters. The van der Waals surface area contributed by atoms with Crippen molar-refractivity contribution in [2.24, 2.45) is 0 Å². The van der Waals surface area contributed by atoms with Gasteiger partial charge in [0.1, 0.15) is 17.7 Å². The van der Waals surface area contributed by atoms with E-state index in [9.17, 15) is 0 Å². The third-order valence-corrected chi connectivity index (χ3v) is 6.06. The number of nitrogen functional groups attached to an aromatic ring is 1. The lowest BCUT2D eigenvalue weighted by molar-refractivity contribution is 0.177. The van der Waals surface area contributed by atoms with Crippen molar-refractivity contribution < 1.29 is 4.74 Å². The predicted molar refractivity (Wildman–Crippen MR) is 135 cm³/mol. The third kappa shape index (κ3) is 6.08. The molecule has 8 heteroatoms. The Kier molecular flexibility index (Phi) is 8.04. The van der Waals surface area contributed by atoms with Crippen LogP contribution in [0.25, 0.3) is 0 Å². The number of nitrogens with two attached hydrogens (primary N) is 1. The van der Waals surface area contributed by atoms with Gasteiger partial charge in [0.25, 0.3) is 0 Å². The van der Waals surface area contributed by atoms with Gasteiger partial charge in [-0.3, -0.25) is 9.88 Å². The average molecular weight is 460 g/mol. The second kappa shape index (κ2) is 11.6. The fraction of sp³-hybridized carbons (Fsp3) is 0.385. The van der Waals surface area contributed by atoms with Crippen LogP contribution in [-0.2, 0) is 13.1 Å². The maximum atomic E-state index is 7.78. The van der Waals surface area contributed by atoms with E-state index < -0.39 is 0 Å². The van der Waals surface area contributed by atoms with E-state index >= 15 is 0 Å². The highest BCUT2D eigenvalue weighted by Crippen LogP contribution is 2.27. The van der Waals surface area contributed by atoms with Crippen LogP contribution in [0.1, 0.15) is 61.0 Å². The summed E-state index contributed by atoms with van der Waals surface area (Å²) < 4.78 is 6.14. The summed E-state index contributed by atoms with van der Waals surface area (Å²) in [4.78, 5) is 15.4. The zero-order valence-corrected chi connectivity index (χ0v) is 19.7. The predicted octanol–water partition coefficient (Wildman–Crippen LogP) is 4.58. The van der Waals surface area contributed by atoms with Crippen LogP contribution in [0.2, 0.25) is 0 Å².